The highest BCUT2D eigenvalue weighted by atomic mass is 79.9. The zero-order valence-corrected chi connectivity index (χ0v) is 13.1. The SMILES string of the molecule is C=CCn1c(-c2ccc(Cl)cc2Br)nn(CC(=O)O)c1=O. The van der Waals surface area contributed by atoms with Crippen molar-refractivity contribution in [2.75, 3.05) is 0 Å². The van der Waals surface area contributed by atoms with Gasteiger partial charge in [-0.2, -0.15) is 0 Å². The molecule has 110 valence electrons. The predicted molar refractivity (Wildman–Crippen MR) is 82.5 cm³/mol. The maximum Gasteiger partial charge on any atom is 0.347 e. The number of rotatable bonds is 5. The Kier molecular flexibility index (Phi) is 4.64. The van der Waals surface area contributed by atoms with Crippen LogP contribution in [0.25, 0.3) is 11.4 Å². The first kappa shape index (κ1) is 15.5. The molecule has 0 unspecified atom stereocenters. The van der Waals surface area contributed by atoms with Gasteiger partial charge >= 0.3 is 11.7 Å². The predicted octanol–water partition coefficient (Wildman–Crippen LogP) is 2.40. The van der Waals surface area contributed by atoms with Gasteiger partial charge in [-0.05, 0) is 34.1 Å². The molecule has 2 aromatic rings. The van der Waals surface area contributed by atoms with E-state index >= 15 is 0 Å². The minimum atomic E-state index is -1.14. The third kappa shape index (κ3) is 3.25. The highest BCUT2D eigenvalue weighted by molar-refractivity contribution is 9.10. The number of benzene rings is 1. The van der Waals surface area contributed by atoms with Gasteiger partial charge in [-0.25, -0.2) is 9.48 Å². The number of hydrogen-bond donors (Lipinski definition) is 1. The van der Waals surface area contributed by atoms with E-state index in [4.69, 9.17) is 16.7 Å². The molecule has 21 heavy (non-hydrogen) atoms. The molecule has 0 saturated heterocycles. The number of hydrogen-bond acceptors (Lipinski definition) is 3. The smallest absolute Gasteiger partial charge is 0.347 e. The molecule has 1 aromatic carbocycles. The molecule has 0 radical (unpaired) electrons. The summed E-state index contributed by atoms with van der Waals surface area (Å²) in [6.07, 6.45) is 1.54. The Balaban J connectivity index is 2.63. The van der Waals surface area contributed by atoms with Gasteiger partial charge in [-0.15, -0.1) is 11.7 Å². The van der Waals surface area contributed by atoms with Crippen molar-refractivity contribution in [3.8, 4) is 11.4 Å². The number of carbonyl (C=O) groups is 1. The van der Waals surface area contributed by atoms with E-state index in [2.05, 4.69) is 27.6 Å². The van der Waals surface area contributed by atoms with Crippen LogP contribution in [0.1, 0.15) is 0 Å². The summed E-state index contributed by atoms with van der Waals surface area (Å²) in [5, 5.41) is 13.5. The van der Waals surface area contributed by atoms with Crippen LogP contribution in [0.2, 0.25) is 5.02 Å². The molecule has 2 rings (SSSR count). The number of allylic oxidation sites excluding steroid dienone is 1. The molecule has 0 spiro atoms. The van der Waals surface area contributed by atoms with E-state index in [1.54, 1.807) is 24.3 Å². The van der Waals surface area contributed by atoms with E-state index in [0.717, 1.165) is 4.68 Å². The lowest BCUT2D eigenvalue weighted by Crippen LogP contribution is -2.27. The number of aliphatic carboxylic acids is 1. The molecule has 0 bridgehead atoms. The van der Waals surface area contributed by atoms with Crippen molar-refractivity contribution >= 4 is 33.5 Å². The van der Waals surface area contributed by atoms with E-state index in [1.165, 1.54) is 4.57 Å². The summed E-state index contributed by atoms with van der Waals surface area (Å²) < 4.78 is 2.92. The normalized spacial score (nSPS) is 10.6. The second kappa shape index (κ2) is 6.28. The Bertz CT molecular complexity index is 767. The molecule has 0 atom stereocenters. The van der Waals surface area contributed by atoms with Gasteiger partial charge in [0.05, 0.1) is 0 Å². The summed E-state index contributed by atoms with van der Waals surface area (Å²) in [5.41, 5.74) is 0.136. The van der Waals surface area contributed by atoms with E-state index in [-0.39, 0.29) is 6.54 Å². The van der Waals surface area contributed by atoms with Gasteiger partial charge in [-0.3, -0.25) is 9.36 Å². The van der Waals surface area contributed by atoms with Crippen LogP contribution in [0, 0.1) is 0 Å². The summed E-state index contributed by atoms with van der Waals surface area (Å²) in [7, 11) is 0. The molecule has 0 aliphatic heterocycles. The minimum absolute atomic E-state index is 0.225. The van der Waals surface area contributed by atoms with Crippen LogP contribution >= 0.6 is 27.5 Å². The van der Waals surface area contributed by atoms with Crippen LogP contribution in [-0.4, -0.2) is 25.4 Å². The summed E-state index contributed by atoms with van der Waals surface area (Å²) in [5.74, 6) is -0.785. The topological polar surface area (TPSA) is 77.1 Å². The molecule has 0 saturated carbocycles. The van der Waals surface area contributed by atoms with Gasteiger partial charge in [0.25, 0.3) is 0 Å². The zero-order chi connectivity index (χ0) is 15.6. The lowest BCUT2D eigenvalue weighted by atomic mass is 10.2. The number of aromatic nitrogens is 3. The molecule has 0 amide bonds. The van der Waals surface area contributed by atoms with Crippen molar-refractivity contribution < 1.29 is 9.90 Å². The fourth-order valence-corrected chi connectivity index (χ4v) is 2.70. The molecule has 0 aliphatic carbocycles. The first-order chi connectivity index (χ1) is 9.93. The highest BCUT2D eigenvalue weighted by Gasteiger charge is 2.17. The van der Waals surface area contributed by atoms with Gasteiger partial charge in [0.1, 0.15) is 6.54 Å². The zero-order valence-electron chi connectivity index (χ0n) is 10.8. The molecule has 1 heterocycles. The Morgan fingerprint density at radius 2 is 2.24 bits per heavy atom. The van der Waals surface area contributed by atoms with Crippen LogP contribution in [0.5, 0.6) is 0 Å². The van der Waals surface area contributed by atoms with E-state index in [1.807, 2.05) is 0 Å². The maximum atomic E-state index is 12.2. The molecular formula is C13H11BrClN3O3. The summed E-state index contributed by atoms with van der Waals surface area (Å²) >= 11 is 9.26. The van der Waals surface area contributed by atoms with Gasteiger partial charge in [-0.1, -0.05) is 17.7 Å². The Morgan fingerprint density at radius 3 is 2.81 bits per heavy atom. The standard InChI is InChI=1S/C13H11BrClN3O3/c1-2-5-17-12(9-4-3-8(15)6-10(9)14)16-18(13(17)21)7-11(19)20/h2-4,6H,1,5,7H2,(H,19,20). The quantitative estimate of drug-likeness (QED) is 0.818. The lowest BCUT2D eigenvalue weighted by molar-refractivity contribution is -0.137. The Labute approximate surface area is 133 Å². The van der Waals surface area contributed by atoms with Crippen molar-refractivity contribution in [1.82, 2.24) is 14.3 Å². The average Bonchev–Trinajstić information content (AvgIpc) is 2.68. The Hall–Kier alpha value is -1.86. The number of halogens is 2. The summed E-state index contributed by atoms with van der Waals surface area (Å²) in [6, 6.07) is 5.05. The monoisotopic (exact) mass is 371 g/mol. The molecule has 1 N–H and O–H groups in total. The van der Waals surface area contributed by atoms with Gasteiger partial charge in [0.15, 0.2) is 5.82 Å². The summed E-state index contributed by atoms with van der Waals surface area (Å²) in [4.78, 5) is 23.0. The van der Waals surface area contributed by atoms with Crippen molar-refractivity contribution in [1.29, 1.82) is 0 Å². The van der Waals surface area contributed by atoms with Crippen molar-refractivity contribution in [3.05, 3.63) is 50.8 Å². The van der Waals surface area contributed by atoms with Crippen LogP contribution in [0.15, 0.2) is 40.1 Å². The Morgan fingerprint density at radius 1 is 1.52 bits per heavy atom. The molecule has 8 heteroatoms. The number of carboxylic acids is 1. The first-order valence-corrected chi connectivity index (χ1v) is 7.07. The highest BCUT2D eigenvalue weighted by Crippen LogP contribution is 2.29. The van der Waals surface area contributed by atoms with Gasteiger partial charge < -0.3 is 5.11 Å². The van der Waals surface area contributed by atoms with Crippen LogP contribution in [-0.2, 0) is 17.9 Å². The molecule has 1 aromatic heterocycles. The molecular weight excluding hydrogens is 362 g/mol. The maximum absolute atomic E-state index is 12.2. The first-order valence-electron chi connectivity index (χ1n) is 5.89. The van der Waals surface area contributed by atoms with Gasteiger partial charge in [0, 0.05) is 21.6 Å². The fourth-order valence-electron chi connectivity index (χ4n) is 1.84. The van der Waals surface area contributed by atoms with Gasteiger partial charge in [0.2, 0.25) is 0 Å². The van der Waals surface area contributed by atoms with E-state index < -0.39 is 18.2 Å². The van der Waals surface area contributed by atoms with Crippen molar-refractivity contribution in [2.45, 2.75) is 13.1 Å². The third-order valence-corrected chi connectivity index (χ3v) is 3.58. The lowest BCUT2D eigenvalue weighted by Gasteiger charge is -2.05. The summed E-state index contributed by atoms with van der Waals surface area (Å²) in [6.45, 7) is 3.32. The van der Waals surface area contributed by atoms with Crippen molar-refractivity contribution in [2.24, 2.45) is 0 Å². The molecule has 6 nitrogen and oxygen atoms in total. The minimum Gasteiger partial charge on any atom is -0.480 e. The average molecular weight is 373 g/mol. The number of carboxylic acid groups (broad SMARTS) is 1. The number of nitrogens with zero attached hydrogens (tertiary/aromatic N) is 3. The van der Waals surface area contributed by atoms with Crippen LogP contribution < -0.4 is 5.69 Å². The van der Waals surface area contributed by atoms with Crippen LogP contribution in [0.3, 0.4) is 0 Å². The largest absolute Gasteiger partial charge is 0.480 e. The second-order valence-electron chi connectivity index (χ2n) is 4.18. The van der Waals surface area contributed by atoms with Crippen molar-refractivity contribution in [3.63, 3.8) is 0 Å². The fraction of sp³-hybridized carbons (Fsp3) is 0.154. The third-order valence-electron chi connectivity index (χ3n) is 2.69. The molecule has 0 aliphatic rings. The second-order valence-corrected chi connectivity index (χ2v) is 5.47. The van der Waals surface area contributed by atoms with Crippen LogP contribution in [0.4, 0.5) is 0 Å². The van der Waals surface area contributed by atoms with E-state index in [0.29, 0.717) is 20.9 Å². The molecule has 0 fully saturated rings. The van der Waals surface area contributed by atoms with E-state index in [9.17, 15) is 9.59 Å².